The number of rotatable bonds is 4. The maximum Gasteiger partial charge on any atom is 0.0198 e. The SMILES string of the molecule is CCC1CCCC1NC1CCCCC1SC. The molecule has 4 atom stereocenters. The van der Waals surface area contributed by atoms with Gasteiger partial charge < -0.3 is 5.32 Å². The molecule has 0 bridgehead atoms. The van der Waals surface area contributed by atoms with Gasteiger partial charge in [-0.05, 0) is 37.9 Å². The van der Waals surface area contributed by atoms with Crippen LogP contribution in [0.2, 0.25) is 0 Å². The molecule has 0 aromatic heterocycles. The molecule has 0 aromatic carbocycles. The van der Waals surface area contributed by atoms with E-state index in [1.807, 2.05) is 0 Å². The van der Waals surface area contributed by atoms with E-state index in [9.17, 15) is 0 Å². The van der Waals surface area contributed by atoms with Crippen LogP contribution in [0.15, 0.2) is 0 Å². The summed E-state index contributed by atoms with van der Waals surface area (Å²) in [5.74, 6) is 0.962. The van der Waals surface area contributed by atoms with Crippen LogP contribution in [-0.4, -0.2) is 23.6 Å². The third-order valence-electron chi connectivity index (χ3n) is 4.62. The fraction of sp³-hybridized carbons (Fsp3) is 1.00. The summed E-state index contributed by atoms with van der Waals surface area (Å²) in [6.45, 7) is 2.36. The normalized spacial score (nSPS) is 40.1. The Kier molecular flexibility index (Phi) is 5.02. The Morgan fingerprint density at radius 3 is 2.50 bits per heavy atom. The topological polar surface area (TPSA) is 12.0 Å². The number of nitrogens with one attached hydrogen (secondary N) is 1. The van der Waals surface area contributed by atoms with E-state index in [1.54, 1.807) is 0 Å². The third kappa shape index (κ3) is 2.95. The highest BCUT2D eigenvalue weighted by Crippen LogP contribution is 2.32. The minimum absolute atomic E-state index is 0.806. The molecule has 0 aliphatic heterocycles. The monoisotopic (exact) mass is 241 g/mol. The zero-order valence-corrected chi connectivity index (χ0v) is 11.7. The minimum atomic E-state index is 0.806. The summed E-state index contributed by atoms with van der Waals surface area (Å²) in [4.78, 5) is 0. The molecule has 1 N–H and O–H groups in total. The molecule has 0 aromatic rings. The maximum atomic E-state index is 4.00. The molecule has 2 heteroatoms. The Morgan fingerprint density at radius 1 is 1.00 bits per heavy atom. The maximum absolute atomic E-state index is 4.00. The second-order valence-corrected chi connectivity index (χ2v) is 6.61. The summed E-state index contributed by atoms with van der Waals surface area (Å²) < 4.78 is 0. The van der Waals surface area contributed by atoms with Gasteiger partial charge >= 0.3 is 0 Å². The van der Waals surface area contributed by atoms with Crippen LogP contribution in [0.3, 0.4) is 0 Å². The number of thioether (sulfide) groups is 1. The van der Waals surface area contributed by atoms with Crippen molar-refractivity contribution in [3.8, 4) is 0 Å². The second kappa shape index (κ2) is 6.30. The third-order valence-corrected chi connectivity index (χ3v) is 5.79. The Balaban J connectivity index is 1.86. The highest BCUT2D eigenvalue weighted by atomic mass is 32.2. The van der Waals surface area contributed by atoms with Crippen LogP contribution in [0.4, 0.5) is 0 Å². The van der Waals surface area contributed by atoms with Crippen LogP contribution in [0.1, 0.15) is 58.3 Å². The van der Waals surface area contributed by atoms with Crippen LogP contribution in [0.5, 0.6) is 0 Å². The van der Waals surface area contributed by atoms with Gasteiger partial charge in [0.1, 0.15) is 0 Å². The van der Waals surface area contributed by atoms with Crippen molar-refractivity contribution in [1.82, 2.24) is 5.32 Å². The lowest BCUT2D eigenvalue weighted by atomic mass is 9.92. The van der Waals surface area contributed by atoms with E-state index in [-0.39, 0.29) is 0 Å². The first-order chi connectivity index (χ1) is 7.85. The zero-order valence-electron chi connectivity index (χ0n) is 10.9. The molecule has 0 saturated heterocycles. The second-order valence-electron chi connectivity index (χ2n) is 5.54. The predicted molar refractivity (Wildman–Crippen MR) is 74.1 cm³/mol. The average molecular weight is 241 g/mol. The van der Waals surface area contributed by atoms with E-state index in [4.69, 9.17) is 0 Å². The van der Waals surface area contributed by atoms with Crippen molar-refractivity contribution in [2.75, 3.05) is 6.26 Å². The molecule has 0 amide bonds. The molecule has 94 valence electrons. The Labute approximate surface area is 105 Å². The molecular weight excluding hydrogens is 214 g/mol. The van der Waals surface area contributed by atoms with Gasteiger partial charge in [0.05, 0.1) is 0 Å². The van der Waals surface area contributed by atoms with Gasteiger partial charge in [-0.3, -0.25) is 0 Å². The summed E-state index contributed by atoms with van der Waals surface area (Å²) >= 11 is 2.08. The van der Waals surface area contributed by atoms with Crippen molar-refractivity contribution < 1.29 is 0 Å². The van der Waals surface area contributed by atoms with Crippen LogP contribution < -0.4 is 5.32 Å². The van der Waals surface area contributed by atoms with Crippen molar-refractivity contribution in [2.45, 2.75) is 75.6 Å². The summed E-state index contributed by atoms with van der Waals surface area (Å²) in [5.41, 5.74) is 0. The fourth-order valence-corrected chi connectivity index (χ4v) is 4.54. The van der Waals surface area contributed by atoms with Crippen LogP contribution >= 0.6 is 11.8 Å². The van der Waals surface area contributed by atoms with Gasteiger partial charge in [0.25, 0.3) is 0 Å². The van der Waals surface area contributed by atoms with Crippen molar-refractivity contribution in [3.63, 3.8) is 0 Å². The first-order valence-corrected chi connectivity index (χ1v) is 8.42. The summed E-state index contributed by atoms with van der Waals surface area (Å²) in [6, 6.07) is 1.64. The number of hydrogen-bond acceptors (Lipinski definition) is 2. The van der Waals surface area contributed by atoms with E-state index in [0.29, 0.717) is 0 Å². The van der Waals surface area contributed by atoms with E-state index in [2.05, 4.69) is 30.3 Å². The standard InChI is InChI=1S/C14H27NS/c1-3-11-7-6-9-12(11)15-13-8-4-5-10-14(13)16-2/h11-15H,3-10H2,1-2H3. The summed E-state index contributed by atoms with van der Waals surface area (Å²) in [5, 5.41) is 4.88. The lowest BCUT2D eigenvalue weighted by Gasteiger charge is -2.35. The van der Waals surface area contributed by atoms with E-state index >= 15 is 0 Å². The van der Waals surface area contributed by atoms with Crippen molar-refractivity contribution in [3.05, 3.63) is 0 Å². The molecule has 2 aliphatic rings. The molecule has 0 heterocycles. The number of hydrogen-bond donors (Lipinski definition) is 1. The molecule has 0 radical (unpaired) electrons. The lowest BCUT2D eigenvalue weighted by Crippen LogP contribution is -2.47. The summed E-state index contributed by atoms with van der Waals surface area (Å²) in [7, 11) is 0. The highest BCUT2D eigenvalue weighted by molar-refractivity contribution is 7.99. The van der Waals surface area contributed by atoms with Gasteiger partial charge in [0.15, 0.2) is 0 Å². The smallest absolute Gasteiger partial charge is 0.0198 e. The van der Waals surface area contributed by atoms with E-state index < -0.39 is 0 Å². The molecular formula is C14H27NS. The van der Waals surface area contributed by atoms with Crippen LogP contribution in [0, 0.1) is 5.92 Å². The van der Waals surface area contributed by atoms with Gasteiger partial charge in [0.2, 0.25) is 0 Å². The first-order valence-electron chi connectivity index (χ1n) is 7.14. The minimum Gasteiger partial charge on any atom is -0.310 e. The van der Waals surface area contributed by atoms with Crippen LogP contribution in [-0.2, 0) is 0 Å². The largest absolute Gasteiger partial charge is 0.310 e. The fourth-order valence-electron chi connectivity index (χ4n) is 3.59. The first kappa shape index (κ1) is 12.8. The zero-order chi connectivity index (χ0) is 11.4. The van der Waals surface area contributed by atoms with Crippen molar-refractivity contribution in [2.24, 2.45) is 5.92 Å². The Bertz CT molecular complexity index is 207. The van der Waals surface area contributed by atoms with Gasteiger partial charge in [-0.1, -0.05) is 32.6 Å². The Morgan fingerprint density at radius 2 is 1.75 bits per heavy atom. The molecule has 16 heavy (non-hydrogen) atoms. The van der Waals surface area contributed by atoms with Gasteiger partial charge in [-0.15, -0.1) is 0 Å². The van der Waals surface area contributed by atoms with Crippen molar-refractivity contribution in [1.29, 1.82) is 0 Å². The molecule has 2 saturated carbocycles. The lowest BCUT2D eigenvalue weighted by molar-refractivity contribution is 0.303. The predicted octanol–water partition coefficient (Wildman–Crippen LogP) is 3.83. The van der Waals surface area contributed by atoms with Gasteiger partial charge in [-0.2, -0.15) is 11.8 Å². The molecule has 2 fully saturated rings. The quantitative estimate of drug-likeness (QED) is 0.803. The Hall–Kier alpha value is 0.310. The van der Waals surface area contributed by atoms with Gasteiger partial charge in [-0.25, -0.2) is 0 Å². The molecule has 4 unspecified atom stereocenters. The molecule has 2 aliphatic carbocycles. The summed E-state index contributed by atoms with van der Waals surface area (Å²) in [6.07, 6.45) is 13.7. The highest BCUT2D eigenvalue weighted by Gasteiger charge is 2.31. The molecule has 1 nitrogen and oxygen atoms in total. The van der Waals surface area contributed by atoms with Gasteiger partial charge in [0, 0.05) is 17.3 Å². The van der Waals surface area contributed by atoms with Crippen molar-refractivity contribution >= 4 is 11.8 Å². The average Bonchev–Trinajstić information content (AvgIpc) is 2.77. The van der Waals surface area contributed by atoms with Crippen LogP contribution in [0.25, 0.3) is 0 Å². The molecule has 0 spiro atoms. The molecule has 2 rings (SSSR count). The van der Waals surface area contributed by atoms with E-state index in [1.165, 1.54) is 51.4 Å². The van der Waals surface area contributed by atoms with E-state index in [0.717, 1.165) is 23.3 Å².